The molecular formula is C26H24F2N4O. The van der Waals surface area contributed by atoms with E-state index < -0.39 is 17.7 Å². The normalized spacial score (nSPS) is 14.8. The molecule has 0 radical (unpaired) electrons. The van der Waals surface area contributed by atoms with Gasteiger partial charge in [0, 0.05) is 18.0 Å². The summed E-state index contributed by atoms with van der Waals surface area (Å²) in [6, 6.07) is 20.3. The maximum atomic E-state index is 13.9. The van der Waals surface area contributed by atoms with E-state index in [0.29, 0.717) is 12.1 Å². The van der Waals surface area contributed by atoms with Gasteiger partial charge in [0.15, 0.2) is 0 Å². The van der Waals surface area contributed by atoms with Gasteiger partial charge in [0.2, 0.25) is 0 Å². The highest BCUT2D eigenvalue weighted by Gasteiger charge is 2.34. The van der Waals surface area contributed by atoms with E-state index in [4.69, 9.17) is 5.26 Å². The third-order valence-electron chi connectivity index (χ3n) is 6.15. The van der Waals surface area contributed by atoms with Crippen molar-refractivity contribution < 1.29 is 13.6 Å². The molecule has 1 aliphatic heterocycles. The average molecular weight is 447 g/mol. The lowest BCUT2D eigenvalue weighted by Gasteiger charge is -2.38. The zero-order valence-electron chi connectivity index (χ0n) is 18.0. The highest BCUT2D eigenvalue weighted by molar-refractivity contribution is 5.89. The first-order chi connectivity index (χ1) is 16.0. The highest BCUT2D eigenvalue weighted by Crippen LogP contribution is 2.34. The van der Waals surface area contributed by atoms with Crippen molar-refractivity contribution in [2.24, 2.45) is 0 Å². The minimum absolute atomic E-state index is 0.0720. The highest BCUT2D eigenvalue weighted by atomic mass is 19.1. The Hall–Kier alpha value is -3.76. The zero-order valence-corrected chi connectivity index (χ0v) is 18.0. The van der Waals surface area contributed by atoms with Gasteiger partial charge in [-0.3, -0.25) is 0 Å². The minimum Gasteiger partial charge on any atom is -0.337 e. The number of urea groups is 1. The van der Waals surface area contributed by atoms with Gasteiger partial charge in [-0.25, -0.2) is 13.6 Å². The summed E-state index contributed by atoms with van der Waals surface area (Å²) in [4.78, 5) is 12.4. The molecule has 7 heteroatoms. The monoisotopic (exact) mass is 446 g/mol. The lowest BCUT2D eigenvalue weighted by molar-refractivity contribution is 0.242. The summed E-state index contributed by atoms with van der Waals surface area (Å²) in [5, 5.41) is 17.8. The summed E-state index contributed by atoms with van der Waals surface area (Å²) in [6.45, 7) is 2.02. The van der Waals surface area contributed by atoms with Crippen LogP contribution in [0.4, 0.5) is 19.3 Å². The largest absolute Gasteiger partial charge is 0.337 e. The Labute approximate surface area is 191 Å². The van der Waals surface area contributed by atoms with Gasteiger partial charge in [-0.1, -0.05) is 36.4 Å². The Morgan fingerprint density at radius 1 is 1.00 bits per heavy atom. The summed E-state index contributed by atoms with van der Waals surface area (Å²) in [5.74, 6) is -1.52. The lowest BCUT2D eigenvalue weighted by atomic mass is 9.73. The van der Waals surface area contributed by atoms with Gasteiger partial charge in [-0.05, 0) is 66.9 Å². The third-order valence-corrected chi connectivity index (χ3v) is 6.15. The van der Waals surface area contributed by atoms with E-state index in [9.17, 15) is 13.6 Å². The van der Waals surface area contributed by atoms with Crippen molar-refractivity contribution in [2.75, 3.05) is 25.0 Å². The number of carbonyl (C=O) groups is 1. The second kappa shape index (κ2) is 9.80. The van der Waals surface area contributed by atoms with E-state index in [1.165, 1.54) is 6.07 Å². The van der Waals surface area contributed by atoms with E-state index in [1.54, 1.807) is 6.07 Å². The molecule has 0 bridgehead atoms. The van der Waals surface area contributed by atoms with Gasteiger partial charge in [0.25, 0.3) is 0 Å². The first-order valence-corrected chi connectivity index (χ1v) is 10.8. The molecule has 3 N–H and O–H groups in total. The van der Waals surface area contributed by atoms with E-state index in [-0.39, 0.29) is 11.1 Å². The van der Waals surface area contributed by atoms with Crippen LogP contribution in [0.15, 0.2) is 66.7 Å². The number of piperidine rings is 1. The molecule has 1 heterocycles. The summed E-state index contributed by atoms with van der Waals surface area (Å²) in [6.07, 6.45) is 1.67. The van der Waals surface area contributed by atoms with Crippen LogP contribution in [-0.2, 0) is 5.41 Å². The maximum absolute atomic E-state index is 13.9. The zero-order chi connectivity index (χ0) is 23.3. The fourth-order valence-corrected chi connectivity index (χ4v) is 4.26. The van der Waals surface area contributed by atoms with Crippen LogP contribution in [-0.4, -0.2) is 25.7 Å². The SMILES string of the molecule is N#Cc1cccc(-c2ccc(C3(CNC(=O)Nc4ccc(F)cc4F)CCNCC3)cc2)c1. The van der Waals surface area contributed by atoms with Crippen molar-refractivity contribution in [3.63, 3.8) is 0 Å². The lowest BCUT2D eigenvalue weighted by Crippen LogP contribution is -2.48. The van der Waals surface area contributed by atoms with Gasteiger partial charge < -0.3 is 16.0 Å². The Kier molecular flexibility index (Phi) is 6.66. The van der Waals surface area contributed by atoms with E-state index in [2.05, 4.69) is 34.2 Å². The van der Waals surface area contributed by atoms with Gasteiger partial charge in [0.1, 0.15) is 11.6 Å². The predicted molar refractivity (Wildman–Crippen MR) is 124 cm³/mol. The molecule has 33 heavy (non-hydrogen) atoms. The molecule has 3 aromatic carbocycles. The molecule has 4 rings (SSSR count). The number of hydrogen-bond donors (Lipinski definition) is 3. The first-order valence-electron chi connectivity index (χ1n) is 10.8. The number of rotatable bonds is 5. The second-order valence-corrected chi connectivity index (χ2v) is 8.23. The van der Waals surface area contributed by atoms with Crippen molar-refractivity contribution in [3.05, 3.63) is 89.5 Å². The molecular weight excluding hydrogens is 422 g/mol. The number of anilines is 1. The number of nitrogens with one attached hydrogen (secondary N) is 3. The maximum Gasteiger partial charge on any atom is 0.319 e. The quantitative estimate of drug-likeness (QED) is 0.519. The number of benzene rings is 3. The fraction of sp³-hybridized carbons (Fsp3) is 0.231. The van der Waals surface area contributed by atoms with Crippen molar-refractivity contribution in [2.45, 2.75) is 18.3 Å². The number of amides is 2. The van der Waals surface area contributed by atoms with Crippen LogP contribution >= 0.6 is 0 Å². The molecule has 0 saturated carbocycles. The molecule has 3 aromatic rings. The summed E-state index contributed by atoms with van der Waals surface area (Å²) < 4.78 is 27.0. The molecule has 0 atom stereocenters. The van der Waals surface area contributed by atoms with Crippen molar-refractivity contribution >= 4 is 11.7 Å². The van der Waals surface area contributed by atoms with Crippen LogP contribution in [0.2, 0.25) is 0 Å². The molecule has 0 aromatic heterocycles. The molecule has 168 valence electrons. The second-order valence-electron chi connectivity index (χ2n) is 8.23. The van der Waals surface area contributed by atoms with Crippen LogP contribution in [0.3, 0.4) is 0 Å². The van der Waals surface area contributed by atoms with Crippen molar-refractivity contribution in [3.8, 4) is 17.2 Å². The molecule has 1 fully saturated rings. The third kappa shape index (κ3) is 5.18. The summed E-state index contributed by atoms with van der Waals surface area (Å²) in [7, 11) is 0. The van der Waals surface area contributed by atoms with Crippen LogP contribution in [0.25, 0.3) is 11.1 Å². The fourth-order valence-electron chi connectivity index (χ4n) is 4.26. The Balaban J connectivity index is 1.50. The van der Waals surface area contributed by atoms with Gasteiger partial charge in [-0.2, -0.15) is 5.26 Å². The smallest absolute Gasteiger partial charge is 0.319 e. The average Bonchev–Trinajstić information content (AvgIpc) is 2.85. The van der Waals surface area contributed by atoms with Crippen LogP contribution in [0.5, 0.6) is 0 Å². The van der Waals surface area contributed by atoms with Gasteiger partial charge in [-0.15, -0.1) is 0 Å². The molecule has 0 aliphatic carbocycles. The van der Waals surface area contributed by atoms with Gasteiger partial charge >= 0.3 is 6.03 Å². The van der Waals surface area contributed by atoms with Crippen LogP contribution in [0, 0.1) is 23.0 Å². The first kappa shape index (κ1) is 22.4. The molecule has 1 saturated heterocycles. The summed E-state index contributed by atoms with van der Waals surface area (Å²) >= 11 is 0. The number of nitrogens with zero attached hydrogens (tertiary/aromatic N) is 1. The summed E-state index contributed by atoms with van der Waals surface area (Å²) in [5.41, 5.74) is 3.36. The number of halogens is 2. The predicted octanol–water partition coefficient (Wildman–Crippen LogP) is 4.95. The van der Waals surface area contributed by atoms with Crippen LogP contribution < -0.4 is 16.0 Å². The molecule has 5 nitrogen and oxygen atoms in total. The van der Waals surface area contributed by atoms with E-state index >= 15 is 0 Å². The Bertz CT molecular complexity index is 1180. The van der Waals surface area contributed by atoms with Gasteiger partial charge in [0.05, 0.1) is 17.3 Å². The minimum atomic E-state index is -0.821. The standard InChI is InChI=1S/C26H24F2N4O/c27-22-8-9-24(23(28)15-22)32-25(33)31-17-26(10-12-30-13-11-26)21-6-4-19(5-7-21)20-3-1-2-18(14-20)16-29/h1-9,14-15,30H,10-13,17H2,(H2,31,32,33). The van der Waals surface area contributed by atoms with E-state index in [0.717, 1.165) is 54.8 Å². The van der Waals surface area contributed by atoms with Crippen LogP contribution in [0.1, 0.15) is 24.0 Å². The molecule has 2 amide bonds. The number of hydrogen-bond acceptors (Lipinski definition) is 3. The number of carbonyl (C=O) groups excluding carboxylic acids is 1. The van der Waals surface area contributed by atoms with Crippen molar-refractivity contribution in [1.82, 2.24) is 10.6 Å². The van der Waals surface area contributed by atoms with Crippen molar-refractivity contribution in [1.29, 1.82) is 5.26 Å². The van der Waals surface area contributed by atoms with E-state index in [1.807, 2.05) is 30.3 Å². The topological polar surface area (TPSA) is 77.0 Å². The molecule has 0 unspecified atom stereocenters. The molecule has 0 spiro atoms. The molecule has 1 aliphatic rings. The number of nitriles is 1. The Morgan fingerprint density at radius 3 is 2.45 bits per heavy atom. The Morgan fingerprint density at radius 2 is 1.76 bits per heavy atom.